The third kappa shape index (κ3) is 2.85. The Bertz CT molecular complexity index is 1170. The van der Waals surface area contributed by atoms with Crippen molar-refractivity contribution in [3.8, 4) is 0 Å². The summed E-state index contributed by atoms with van der Waals surface area (Å²) >= 11 is 0. The van der Waals surface area contributed by atoms with Crippen LogP contribution in [0.4, 0.5) is 4.79 Å². The van der Waals surface area contributed by atoms with Crippen molar-refractivity contribution in [2.24, 2.45) is 0 Å². The van der Waals surface area contributed by atoms with Crippen molar-refractivity contribution in [1.82, 2.24) is 20.5 Å². The molecule has 2 aromatic carbocycles. The summed E-state index contributed by atoms with van der Waals surface area (Å²) in [5.41, 5.74) is 3.04. The Morgan fingerprint density at radius 3 is 2.80 bits per heavy atom. The number of para-hydroxylation sites is 1. The summed E-state index contributed by atoms with van der Waals surface area (Å²) in [6, 6.07) is 15.1. The number of amides is 4. The molecule has 1 fully saturated rings. The normalized spacial score (nSPS) is 20.1. The van der Waals surface area contributed by atoms with Crippen molar-refractivity contribution >= 4 is 28.7 Å². The van der Waals surface area contributed by atoms with Crippen molar-refractivity contribution in [3.63, 3.8) is 0 Å². The predicted octanol–water partition coefficient (Wildman–Crippen LogP) is 2.22. The predicted molar refractivity (Wildman–Crippen MR) is 112 cm³/mol. The number of hydrogen-bond donors (Lipinski definition) is 3. The Labute approximate surface area is 173 Å². The molecular formula is C23H22N4O3. The maximum atomic E-state index is 13.1. The number of fused-ring (bicyclic) bond motifs is 3. The van der Waals surface area contributed by atoms with Crippen LogP contribution < -0.4 is 10.6 Å². The maximum Gasteiger partial charge on any atom is 0.325 e. The lowest BCUT2D eigenvalue weighted by atomic mass is 9.92. The van der Waals surface area contributed by atoms with E-state index in [-0.39, 0.29) is 18.4 Å². The van der Waals surface area contributed by atoms with Crippen molar-refractivity contribution in [3.05, 3.63) is 71.4 Å². The third-order valence-electron chi connectivity index (χ3n) is 6.12. The minimum absolute atomic E-state index is 0.275. The first-order chi connectivity index (χ1) is 14.6. The lowest BCUT2D eigenvalue weighted by Gasteiger charge is -2.22. The second-order valence-electron chi connectivity index (χ2n) is 7.84. The van der Waals surface area contributed by atoms with Gasteiger partial charge in [0.25, 0.3) is 5.91 Å². The van der Waals surface area contributed by atoms with Crippen LogP contribution in [0.2, 0.25) is 0 Å². The van der Waals surface area contributed by atoms with Gasteiger partial charge in [-0.2, -0.15) is 0 Å². The number of aryl methyl sites for hydroxylation is 1. The van der Waals surface area contributed by atoms with Gasteiger partial charge >= 0.3 is 6.03 Å². The van der Waals surface area contributed by atoms with Crippen LogP contribution in [0.3, 0.4) is 0 Å². The van der Waals surface area contributed by atoms with Crippen LogP contribution in [-0.2, 0) is 28.0 Å². The van der Waals surface area contributed by atoms with E-state index in [1.54, 1.807) is 0 Å². The number of rotatable bonds is 5. The summed E-state index contributed by atoms with van der Waals surface area (Å²) in [4.78, 5) is 42.3. The van der Waals surface area contributed by atoms with Crippen LogP contribution in [0, 0.1) is 0 Å². The zero-order valence-corrected chi connectivity index (χ0v) is 16.4. The van der Waals surface area contributed by atoms with E-state index in [9.17, 15) is 14.4 Å². The number of hydrogen-bond acceptors (Lipinski definition) is 3. The quantitative estimate of drug-likeness (QED) is 0.571. The molecule has 1 aliphatic heterocycles. The highest BCUT2D eigenvalue weighted by Crippen LogP contribution is 2.41. The number of aromatic nitrogens is 1. The van der Waals surface area contributed by atoms with Crippen molar-refractivity contribution in [1.29, 1.82) is 0 Å². The van der Waals surface area contributed by atoms with E-state index < -0.39 is 11.6 Å². The number of carbonyl (C=O) groups excluding carboxylic acids is 3. The maximum absolute atomic E-state index is 13.1. The van der Waals surface area contributed by atoms with Crippen LogP contribution in [0.5, 0.6) is 0 Å². The number of imide groups is 1. The number of aromatic amines is 1. The molecule has 5 rings (SSSR count). The molecule has 7 heteroatoms. The first kappa shape index (κ1) is 18.4. The Morgan fingerprint density at radius 2 is 1.90 bits per heavy atom. The molecule has 30 heavy (non-hydrogen) atoms. The molecule has 3 N–H and O–H groups in total. The summed E-state index contributed by atoms with van der Waals surface area (Å²) in [7, 11) is 0. The molecule has 0 bridgehead atoms. The first-order valence-corrected chi connectivity index (χ1v) is 10.1. The lowest BCUT2D eigenvalue weighted by Crippen LogP contribution is -2.44. The van der Waals surface area contributed by atoms with Gasteiger partial charge in [0.15, 0.2) is 0 Å². The standard InChI is InChI=1S/C23H22N4O3/c28-20(24-12-10-16-13-25-19-8-4-2-6-17(16)19)14-27-21(29)23(26-22(27)30)11-9-15-5-1-3-7-18(15)23/h1-8,13,25H,9-12,14H2,(H,24,28)(H,26,30). The Morgan fingerprint density at radius 1 is 1.10 bits per heavy atom. The van der Waals surface area contributed by atoms with E-state index in [4.69, 9.17) is 0 Å². The Balaban J connectivity index is 1.22. The molecule has 0 radical (unpaired) electrons. The van der Waals surface area contributed by atoms with Crippen LogP contribution in [0.1, 0.15) is 23.1 Å². The van der Waals surface area contributed by atoms with Gasteiger partial charge < -0.3 is 15.6 Å². The van der Waals surface area contributed by atoms with Crippen molar-refractivity contribution in [2.45, 2.75) is 24.8 Å². The summed E-state index contributed by atoms with van der Waals surface area (Å²) in [5.74, 6) is -0.689. The highest BCUT2D eigenvalue weighted by molar-refractivity contribution is 6.09. The van der Waals surface area contributed by atoms with E-state index in [1.807, 2.05) is 54.7 Å². The lowest BCUT2D eigenvalue weighted by molar-refractivity contribution is -0.135. The van der Waals surface area contributed by atoms with Crippen molar-refractivity contribution in [2.75, 3.05) is 13.1 Å². The van der Waals surface area contributed by atoms with E-state index >= 15 is 0 Å². The largest absolute Gasteiger partial charge is 0.361 e. The molecule has 2 aliphatic rings. The summed E-state index contributed by atoms with van der Waals surface area (Å²) in [5, 5.41) is 6.80. The monoisotopic (exact) mass is 402 g/mol. The first-order valence-electron chi connectivity index (χ1n) is 10.1. The van der Waals surface area contributed by atoms with Crippen LogP contribution in [0.25, 0.3) is 10.9 Å². The molecular weight excluding hydrogens is 380 g/mol. The summed E-state index contributed by atoms with van der Waals surface area (Å²) < 4.78 is 0. The second kappa shape index (κ2) is 7.02. The zero-order valence-electron chi connectivity index (χ0n) is 16.4. The fourth-order valence-corrected chi connectivity index (χ4v) is 4.61. The van der Waals surface area contributed by atoms with E-state index in [1.165, 1.54) is 0 Å². The van der Waals surface area contributed by atoms with Gasteiger partial charge in [0.2, 0.25) is 5.91 Å². The molecule has 1 aliphatic carbocycles. The number of benzene rings is 2. The van der Waals surface area contributed by atoms with E-state index in [2.05, 4.69) is 15.6 Å². The molecule has 1 atom stereocenters. The molecule has 3 aromatic rings. The topological polar surface area (TPSA) is 94.3 Å². The zero-order chi connectivity index (χ0) is 20.7. The van der Waals surface area contributed by atoms with Gasteiger partial charge in [-0.1, -0.05) is 42.5 Å². The molecule has 0 saturated carbocycles. The van der Waals surface area contributed by atoms with Crippen LogP contribution in [0.15, 0.2) is 54.7 Å². The van der Waals surface area contributed by atoms with Crippen LogP contribution >= 0.6 is 0 Å². The van der Waals surface area contributed by atoms with Gasteiger partial charge in [0, 0.05) is 23.6 Å². The number of H-pyrrole nitrogens is 1. The number of carbonyl (C=O) groups is 3. The highest BCUT2D eigenvalue weighted by atomic mass is 16.2. The average Bonchev–Trinajstić information content (AvgIpc) is 3.40. The Hall–Kier alpha value is -3.61. The van der Waals surface area contributed by atoms with Gasteiger partial charge in [-0.05, 0) is 42.0 Å². The highest BCUT2D eigenvalue weighted by Gasteiger charge is 2.55. The van der Waals surface area contributed by atoms with E-state index in [0.717, 1.165) is 38.9 Å². The van der Waals surface area contributed by atoms with Gasteiger partial charge in [-0.15, -0.1) is 0 Å². The second-order valence-corrected chi connectivity index (χ2v) is 7.84. The fourth-order valence-electron chi connectivity index (χ4n) is 4.61. The number of nitrogens with one attached hydrogen (secondary N) is 3. The van der Waals surface area contributed by atoms with Gasteiger partial charge in [-0.3, -0.25) is 14.5 Å². The third-order valence-corrected chi connectivity index (χ3v) is 6.12. The SMILES string of the molecule is O=C(CN1C(=O)NC2(CCc3ccccc32)C1=O)NCCc1c[nH]c2ccccc12. The minimum Gasteiger partial charge on any atom is -0.361 e. The van der Waals surface area contributed by atoms with Gasteiger partial charge in [-0.25, -0.2) is 4.79 Å². The Kier molecular flexibility index (Phi) is 4.31. The molecule has 1 unspecified atom stereocenters. The smallest absolute Gasteiger partial charge is 0.325 e. The van der Waals surface area contributed by atoms with Crippen molar-refractivity contribution < 1.29 is 14.4 Å². The van der Waals surface area contributed by atoms with Gasteiger partial charge in [0.05, 0.1) is 0 Å². The molecule has 1 spiro atoms. The summed E-state index contributed by atoms with van der Waals surface area (Å²) in [6.07, 6.45) is 3.85. The van der Waals surface area contributed by atoms with Gasteiger partial charge in [0.1, 0.15) is 12.1 Å². The molecule has 2 heterocycles. The van der Waals surface area contributed by atoms with E-state index in [0.29, 0.717) is 19.4 Å². The molecule has 1 aromatic heterocycles. The molecule has 7 nitrogen and oxygen atoms in total. The van der Waals surface area contributed by atoms with Crippen LogP contribution in [-0.4, -0.2) is 40.8 Å². The summed E-state index contributed by atoms with van der Waals surface area (Å²) in [6.45, 7) is 0.154. The average molecular weight is 402 g/mol. The fraction of sp³-hybridized carbons (Fsp3) is 0.261. The molecule has 1 saturated heterocycles. The number of urea groups is 1. The minimum atomic E-state index is -1.03. The molecule has 152 valence electrons. The molecule has 4 amide bonds. The number of nitrogens with zero attached hydrogens (tertiary/aromatic N) is 1.